The van der Waals surface area contributed by atoms with Gasteiger partial charge in [0.05, 0.1) is 13.2 Å². The number of guanidine groups is 1. The normalized spacial score (nSPS) is 15.7. The summed E-state index contributed by atoms with van der Waals surface area (Å²) in [6.07, 6.45) is 9.87. The number of unbranched alkanes of at least 4 members (excludes halogenated alkanes) is 5. The quantitative estimate of drug-likeness (QED) is 0.162. The van der Waals surface area contributed by atoms with Gasteiger partial charge in [-0.25, -0.2) is 0 Å². The Morgan fingerprint density at radius 3 is 2.50 bits per heavy atom. The van der Waals surface area contributed by atoms with Crippen LogP contribution in [0.5, 0.6) is 0 Å². The smallest absolute Gasteiger partial charge is 0.188 e. The van der Waals surface area contributed by atoms with Crippen molar-refractivity contribution < 1.29 is 9.47 Å². The molecule has 7 heteroatoms. The topological polar surface area (TPSA) is 72.1 Å². The molecule has 0 aromatic heterocycles. The molecule has 0 aliphatic carbocycles. The molecule has 1 fully saturated rings. The molecule has 156 valence electrons. The zero-order valence-corrected chi connectivity index (χ0v) is 19.0. The average molecular weight is 484 g/mol. The van der Waals surface area contributed by atoms with E-state index >= 15 is 0 Å². The van der Waals surface area contributed by atoms with E-state index in [1.54, 1.807) is 0 Å². The predicted octanol–water partition coefficient (Wildman–Crippen LogP) is 3.00. The van der Waals surface area contributed by atoms with Crippen molar-refractivity contribution in [2.45, 2.75) is 58.3 Å². The third-order valence-corrected chi connectivity index (χ3v) is 4.43. The number of ether oxygens (including phenoxy) is 2. The van der Waals surface area contributed by atoms with E-state index < -0.39 is 0 Å². The van der Waals surface area contributed by atoms with Crippen LogP contribution in [0.3, 0.4) is 0 Å². The molecule has 0 aromatic carbocycles. The number of rotatable bonds is 15. The van der Waals surface area contributed by atoms with E-state index in [1.807, 2.05) is 0 Å². The van der Waals surface area contributed by atoms with Gasteiger partial charge < -0.3 is 20.5 Å². The Hall–Kier alpha value is -0.120. The first kappa shape index (κ1) is 25.9. The van der Waals surface area contributed by atoms with E-state index in [1.165, 1.54) is 38.5 Å². The molecule has 0 aromatic rings. The molecule has 1 aliphatic heterocycles. The fourth-order valence-electron chi connectivity index (χ4n) is 2.85. The van der Waals surface area contributed by atoms with Gasteiger partial charge in [0, 0.05) is 39.4 Å². The Balaban J connectivity index is 0.00000625. The van der Waals surface area contributed by atoms with Gasteiger partial charge >= 0.3 is 0 Å². The third kappa shape index (κ3) is 16.1. The fraction of sp³-hybridized carbons (Fsp3) is 0.947. The van der Waals surface area contributed by atoms with E-state index in [4.69, 9.17) is 15.2 Å². The van der Waals surface area contributed by atoms with E-state index in [9.17, 15) is 0 Å². The van der Waals surface area contributed by atoms with Crippen LogP contribution in [-0.2, 0) is 9.47 Å². The van der Waals surface area contributed by atoms with Gasteiger partial charge in [-0.3, -0.25) is 9.89 Å². The summed E-state index contributed by atoms with van der Waals surface area (Å²) < 4.78 is 11.0. The number of hydrogen-bond acceptors (Lipinski definition) is 4. The summed E-state index contributed by atoms with van der Waals surface area (Å²) in [4.78, 5) is 6.78. The highest BCUT2D eigenvalue weighted by atomic mass is 127. The van der Waals surface area contributed by atoms with Crippen molar-refractivity contribution >= 4 is 29.9 Å². The standard InChI is InChI=1S/C19H40N4O2.HI/c1-2-3-4-5-6-7-15-24-16-9-11-22-19(20)21-10-8-12-23-13-17-25-18-14-23;/h2-18H2,1H3,(H3,20,21,22);1H. The van der Waals surface area contributed by atoms with Crippen LogP contribution in [0.4, 0.5) is 0 Å². The van der Waals surface area contributed by atoms with E-state index in [-0.39, 0.29) is 24.0 Å². The van der Waals surface area contributed by atoms with Gasteiger partial charge in [0.1, 0.15) is 0 Å². The molecule has 1 heterocycles. The first-order chi connectivity index (χ1) is 12.3. The Bertz CT molecular complexity index is 327. The number of nitrogens with two attached hydrogens (primary N) is 1. The molecule has 0 amide bonds. The van der Waals surface area contributed by atoms with Gasteiger partial charge in [0.15, 0.2) is 5.96 Å². The molecule has 0 spiro atoms. The molecule has 3 N–H and O–H groups in total. The maximum absolute atomic E-state index is 5.88. The average Bonchev–Trinajstić information content (AvgIpc) is 2.64. The van der Waals surface area contributed by atoms with Gasteiger partial charge in [0.25, 0.3) is 0 Å². The van der Waals surface area contributed by atoms with Crippen LogP contribution < -0.4 is 11.1 Å². The minimum Gasteiger partial charge on any atom is -0.381 e. The second-order valence-electron chi connectivity index (χ2n) is 6.73. The second-order valence-corrected chi connectivity index (χ2v) is 6.73. The van der Waals surface area contributed by atoms with Crippen molar-refractivity contribution in [3.63, 3.8) is 0 Å². The molecule has 26 heavy (non-hydrogen) atoms. The monoisotopic (exact) mass is 484 g/mol. The maximum Gasteiger partial charge on any atom is 0.188 e. The fourth-order valence-corrected chi connectivity index (χ4v) is 2.85. The van der Waals surface area contributed by atoms with Crippen LogP contribution in [0.2, 0.25) is 0 Å². The Morgan fingerprint density at radius 1 is 1.04 bits per heavy atom. The molecule has 6 nitrogen and oxygen atoms in total. The zero-order valence-electron chi connectivity index (χ0n) is 16.7. The summed E-state index contributed by atoms with van der Waals surface area (Å²) >= 11 is 0. The van der Waals surface area contributed by atoms with Crippen LogP contribution in [0.25, 0.3) is 0 Å². The first-order valence-electron chi connectivity index (χ1n) is 10.2. The third-order valence-electron chi connectivity index (χ3n) is 4.43. The summed E-state index contributed by atoms with van der Waals surface area (Å²) in [7, 11) is 0. The molecule has 1 saturated heterocycles. The first-order valence-corrected chi connectivity index (χ1v) is 10.2. The van der Waals surface area contributed by atoms with Crippen molar-refractivity contribution in [1.29, 1.82) is 0 Å². The molecule has 0 unspecified atom stereocenters. The number of nitrogens with one attached hydrogen (secondary N) is 1. The van der Waals surface area contributed by atoms with Crippen molar-refractivity contribution in [2.24, 2.45) is 10.7 Å². The minimum absolute atomic E-state index is 0. The maximum atomic E-state index is 5.88. The van der Waals surface area contributed by atoms with Crippen molar-refractivity contribution in [1.82, 2.24) is 10.2 Å². The van der Waals surface area contributed by atoms with Crippen LogP contribution in [0.1, 0.15) is 58.3 Å². The van der Waals surface area contributed by atoms with Crippen molar-refractivity contribution in [3.8, 4) is 0 Å². The number of halogens is 1. The lowest BCUT2D eigenvalue weighted by atomic mass is 10.1. The van der Waals surface area contributed by atoms with E-state index in [0.717, 1.165) is 72.0 Å². The molecule has 1 aliphatic rings. The van der Waals surface area contributed by atoms with Gasteiger partial charge in [-0.2, -0.15) is 0 Å². The lowest BCUT2D eigenvalue weighted by molar-refractivity contribution is 0.0376. The molecule has 0 bridgehead atoms. The number of nitrogens with zero attached hydrogens (tertiary/aromatic N) is 2. The summed E-state index contributed by atoms with van der Waals surface area (Å²) in [6, 6.07) is 0. The van der Waals surface area contributed by atoms with Crippen LogP contribution in [0, 0.1) is 0 Å². The lowest BCUT2D eigenvalue weighted by Crippen LogP contribution is -2.39. The second kappa shape index (κ2) is 19.6. The molecule has 0 saturated carbocycles. The highest BCUT2D eigenvalue weighted by Crippen LogP contribution is 2.04. The minimum atomic E-state index is 0. The van der Waals surface area contributed by atoms with Gasteiger partial charge in [-0.15, -0.1) is 24.0 Å². The van der Waals surface area contributed by atoms with Gasteiger partial charge in [-0.05, 0) is 25.8 Å². The SMILES string of the molecule is CCCCCCCCOCCCN=C(N)NCCCN1CCOCC1.I. The van der Waals surface area contributed by atoms with Gasteiger partial charge in [0.2, 0.25) is 0 Å². The molecule has 1 rings (SSSR count). The van der Waals surface area contributed by atoms with E-state index in [2.05, 4.69) is 22.1 Å². The predicted molar refractivity (Wildman–Crippen MR) is 121 cm³/mol. The molecule has 0 atom stereocenters. The highest BCUT2D eigenvalue weighted by molar-refractivity contribution is 14.0. The van der Waals surface area contributed by atoms with Crippen LogP contribution in [0.15, 0.2) is 4.99 Å². The highest BCUT2D eigenvalue weighted by Gasteiger charge is 2.08. The number of hydrogen-bond donors (Lipinski definition) is 2. The summed E-state index contributed by atoms with van der Waals surface area (Å²) in [5.41, 5.74) is 5.88. The Morgan fingerprint density at radius 2 is 1.73 bits per heavy atom. The summed E-state index contributed by atoms with van der Waals surface area (Å²) in [5.74, 6) is 0.554. The van der Waals surface area contributed by atoms with Crippen LogP contribution in [-0.4, -0.2) is 70.0 Å². The zero-order chi connectivity index (χ0) is 18.0. The summed E-state index contributed by atoms with van der Waals surface area (Å²) in [6.45, 7) is 10.4. The largest absolute Gasteiger partial charge is 0.381 e. The molecular formula is C19H41IN4O2. The van der Waals surface area contributed by atoms with Crippen molar-refractivity contribution in [3.05, 3.63) is 0 Å². The van der Waals surface area contributed by atoms with Crippen molar-refractivity contribution in [2.75, 3.05) is 59.2 Å². The van der Waals surface area contributed by atoms with Gasteiger partial charge in [-0.1, -0.05) is 39.0 Å². The lowest BCUT2D eigenvalue weighted by Gasteiger charge is -2.26. The summed E-state index contributed by atoms with van der Waals surface area (Å²) in [5, 5.41) is 3.19. The van der Waals surface area contributed by atoms with E-state index in [0.29, 0.717) is 5.96 Å². The Labute approximate surface area is 177 Å². The number of aliphatic imine (C=N–C) groups is 1. The van der Waals surface area contributed by atoms with Crippen LogP contribution >= 0.6 is 24.0 Å². The Kier molecular flexibility index (Phi) is 19.5. The molecular weight excluding hydrogens is 443 g/mol. The molecule has 0 radical (unpaired) electrons. The number of morpholine rings is 1.